The summed E-state index contributed by atoms with van der Waals surface area (Å²) in [6.07, 6.45) is 4.76. The lowest BCUT2D eigenvalue weighted by Crippen LogP contribution is -2.49. The minimum atomic E-state index is -3.04. The van der Waals surface area contributed by atoms with Crippen LogP contribution in [0.2, 0.25) is 0 Å². The summed E-state index contributed by atoms with van der Waals surface area (Å²) in [7, 11) is 0. The van der Waals surface area contributed by atoms with Gasteiger partial charge in [-0.2, -0.15) is 0 Å². The molecule has 10 heteroatoms. The molecule has 0 bridgehead atoms. The molecule has 5 heterocycles. The number of aromatic nitrogens is 4. The average Bonchev–Trinajstić information content (AvgIpc) is 3.26. The van der Waals surface area contributed by atoms with E-state index in [9.17, 15) is 18.0 Å². The van der Waals surface area contributed by atoms with Crippen LogP contribution in [0.1, 0.15) is 18.2 Å². The van der Waals surface area contributed by atoms with Gasteiger partial charge < -0.3 is 9.72 Å². The third kappa shape index (κ3) is 2.94. The number of hydrogen-bond donors (Lipinski definition) is 1. The molecule has 1 aliphatic rings. The zero-order valence-electron chi connectivity index (χ0n) is 15.3. The highest BCUT2D eigenvalue weighted by Gasteiger charge is 2.43. The largest absolute Gasteiger partial charge is 0.311 e. The number of pyridine rings is 1. The van der Waals surface area contributed by atoms with Crippen LogP contribution in [-0.4, -0.2) is 37.9 Å². The normalized spacial score (nSPS) is 19.2. The van der Waals surface area contributed by atoms with Crippen molar-refractivity contribution in [3.8, 4) is 10.4 Å². The molecule has 1 atom stereocenters. The van der Waals surface area contributed by atoms with Gasteiger partial charge in [0.1, 0.15) is 10.7 Å². The Bertz CT molecular complexity index is 1310. The van der Waals surface area contributed by atoms with Crippen LogP contribution in [0.3, 0.4) is 0 Å². The number of alkyl halides is 2. The number of piperidine rings is 1. The summed E-state index contributed by atoms with van der Waals surface area (Å²) in [4.78, 5) is 21.9. The maximum atomic E-state index is 14.4. The predicted octanol–water partition coefficient (Wildman–Crippen LogP) is 3.39. The lowest BCUT2D eigenvalue weighted by Gasteiger charge is -2.32. The van der Waals surface area contributed by atoms with Crippen LogP contribution in [0.15, 0.2) is 35.6 Å². The Hall–Kier alpha value is -2.72. The van der Waals surface area contributed by atoms with Crippen LogP contribution in [0.5, 0.6) is 0 Å². The smallest absolute Gasteiger partial charge is 0.280 e. The Balaban J connectivity index is 1.63. The van der Waals surface area contributed by atoms with Crippen molar-refractivity contribution >= 4 is 27.2 Å². The molecular formula is C19H16F3N5OS. The molecule has 0 aromatic carbocycles. The highest BCUT2D eigenvalue weighted by Crippen LogP contribution is 2.35. The van der Waals surface area contributed by atoms with E-state index in [1.165, 1.54) is 12.4 Å². The van der Waals surface area contributed by atoms with Crippen LogP contribution < -0.4 is 10.9 Å². The third-order valence-electron chi connectivity index (χ3n) is 5.15. The highest BCUT2D eigenvalue weighted by atomic mass is 32.1. The second kappa shape index (κ2) is 6.39. The van der Waals surface area contributed by atoms with E-state index >= 15 is 0 Å². The Kier molecular flexibility index (Phi) is 4.04. The number of halogens is 3. The molecular weight excluding hydrogens is 403 g/mol. The third-order valence-corrected chi connectivity index (χ3v) is 6.31. The molecule has 0 saturated carbocycles. The first-order valence-corrected chi connectivity index (χ1v) is 9.89. The molecule has 1 N–H and O–H groups in total. The Morgan fingerprint density at radius 1 is 1.31 bits per heavy atom. The Labute approximate surface area is 166 Å². The van der Waals surface area contributed by atoms with Gasteiger partial charge in [0.25, 0.3) is 11.5 Å². The summed E-state index contributed by atoms with van der Waals surface area (Å²) in [5, 5.41) is 2.65. The van der Waals surface area contributed by atoms with Gasteiger partial charge in [0.2, 0.25) is 0 Å². The zero-order chi connectivity index (χ0) is 20.3. The van der Waals surface area contributed by atoms with Crippen LogP contribution in [-0.2, 0) is 0 Å². The van der Waals surface area contributed by atoms with E-state index in [0.29, 0.717) is 28.2 Å². The van der Waals surface area contributed by atoms with Crippen molar-refractivity contribution in [2.75, 3.05) is 13.1 Å². The summed E-state index contributed by atoms with van der Waals surface area (Å²) in [6.45, 7) is 1.71. The van der Waals surface area contributed by atoms with E-state index in [0.717, 1.165) is 15.9 Å². The lowest BCUT2D eigenvalue weighted by atomic mass is 10.0. The van der Waals surface area contributed by atoms with E-state index in [2.05, 4.69) is 15.3 Å². The molecule has 6 nitrogen and oxygen atoms in total. The molecule has 150 valence electrons. The van der Waals surface area contributed by atoms with Crippen molar-refractivity contribution in [1.29, 1.82) is 0 Å². The molecule has 1 saturated heterocycles. The number of rotatable bonds is 2. The number of nitrogens with zero attached hydrogens (tertiary/aromatic N) is 4. The molecule has 0 amide bonds. The second-order valence-electron chi connectivity index (χ2n) is 7.21. The fourth-order valence-electron chi connectivity index (χ4n) is 3.77. The number of aryl methyl sites for hydroxylation is 1. The fourth-order valence-corrected chi connectivity index (χ4v) is 4.80. The van der Waals surface area contributed by atoms with Crippen LogP contribution >= 0.6 is 11.3 Å². The predicted molar refractivity (Wildman–Crippen MR) is 104 cm³/mol. The maximum absolute atomic E-state index is 14.4. The number of imidazole rings is 1. The van der Waals surface area contributed by atoms with Gasteiger partial charge >= 0.3 is 0 Å². The van der Waals surface area contributed by atoms with Gasteiger partial charge in [-0.3, -0.25) is 9.36 Å². The minimum Gasteiger partial charge on any atom is -0.311 e. The summed E-state index contributed by atoms with van der Waals surface area (Å²) in [6, 6.07) is 1.80. The lowest BCUT2D eigenvalue weighted by molar-refractivity contribution is -0.0671. The van der Waals surface area contributed by atoms with Crippen LogP contribution in [0, 0.1) is 12.7 Å². The van der Waals surface area contributed by atoms with Crippen molar-refractivity contribution in [2.45, 2.75) is 25.3 Å². The number of nitrogens with one attached hydrogen (secondary N) is 1. The average molecular weight is 419 g/mol. The first-order chi connectivity index (χ1) is 13.8. The Morgan fingerprint density at radius 3 is 2.93 bits per heavy atom. The van der Waals surface area contributed by atoms with Crippen molar-refractivity contribution in [3.63, 3.8) is 0 Å². The van der Waals surface area contributed by atoms with E-state index in [1.807, 2.05) is 0 Å². The molecule has 1 unspecified atom stereocenters. The minimum absolute atomic E-state index is 0.139. The summed E-state index contributed by atoms with van der Waals surface area (Å²) >= 11 is 1.12. The number of hydrogen-bond acceptors (Lipinski definition) is 5. The van der Waals surface area contributed by atoms with E-state index in [1.54, 1.807) is 29.8 Å². The summed E-state index contributed by atoms with van der Waals surface area (Å²) < 4.78 is 45.9. The molecule has 0 spiro atoms. The van der Waals surface area contributed by atoms with Crippen molar-refractivity contribution in [2.24, 2.45) is 0 Å². The fraction of sp³-hybridized carbons (Fsp3) is 0.316. The van der Waals surface area contributed by atoms with Crippen molar-refractivity contribution < 1.29 is 13.2 Å². The first kappa shape index (κ1) is 18.3. The highest BCUT2D eigenvalue weighted by molar-refractivity contribution is 7.22. The molecule has 29 heavy (non-hydrogen) atoms. The number of fused-ring (bicyclic) bond motifs is 2. The van der Waals surface area contributed by atoms with Gasteiger partial charge in [-0.15, -0.1) is 11.3 Å². The second-order valence-corrected chi connectivity index (χ2v) is 8.27. The standard InChI is InChI=1S/C19H16F3N5OS/c1-10-6-26-7-11(4-12(20)17(26)25-10)14-5-13-16(29-14)18(28)27(9-24-13)15-2-3-23-8-19(15,21)22/h4-7,9,15,23H,2-3,8H2,1H3. The monoisotopic (exact) mass is 419 g/mol. The zero-order valence-corrected chi connectivity index (χ0v) is 16.1. The molecule has 1 fully saturated rings. The number of thiophene rings is 1. The van der Waals surface area contributed by atoms with Crippen LogP contribution in [0.25, 0.3) is 26.3 Å². The van der Waals surface area contributed by atoms with E-state index in [4.69, 9.17) is 0 Å². The molecule has 5 rings (SSSR count). The summed E-state index contributed by atoms with van der Waals surface area (Å²) in [5.74, 6) is -3.52. The topological polar surface area (TPSA) is 64.2 Å². The van der Waals surface area contributed by atoms with Gasteiger partial charge in [0, 0.05) is 22.8 Å². The van der Waals surface area contributed by atoms with Crippen molar-refractivity contribution in [1.82, 2.24) is 24.3 Å². The van der Waals surface area contributed by atoms with Gasteiger partial charge in [0.05, 0.1) is 24.1 Å². The Morgan fingerprint density at radius 2 is 2.14 bits per heavy atom. The van der Waals surface area contributed by atoms with Crippen molar-refractivity contribution in [3.05, 3.63) is 52.7 Å². The first-order valence-electron chi connectivity index (χ1n) is 9.08. The SMILES string of the molecule is Cc1cn2cc(-c3cc4ncn(C5CCNCC5(F)F)c(=O)c4s3)cc(F)c2n1. The molecule has 1 aliphatic heterocycles. The maximum Gasteiger partial charge on any atom is 0.280 e. The van der Waals surface area contributed by atoms with E-state index in [-0.39, 0.29) is 16.8 Å². The van der Waals surface area contributed by atoms with Gasteiger partial charge in [-0.25, -0.2) is 23.1 Å². The van der Waals surface area contributed by atoms with E-state index < -0.39 is 29.9 Å². The molecule has 4 aromatic rings. The van der Waals surface area contributed by atoms with Gasteiger partial charge in [0.15, 0.2) is 11.5 Å². The molecule has 0 aliphatic carbocycles. The van der Waals surface area contributed by atoms with Crippen LogP contribution in [0.4, 0.5) is 13.2 Å². The summed E-state index contributed by atoms with van der Waals surface area (Å²) in [5.41, 5.74) is 1.38. The molecule has 4 aromatic heterocycles. The van der Waals surface area contributed by atoms with Gasteiger partial charge in [-0.1, -0.05) is 0 Å². The quantitative estimate of drug-likeness (QED) is 0.541. The van der Waals surface area contributed by atoms with Gasteiger partial charge in [-0.05, 0) is 32.0 Å². The molecule has 0 radical (unpaired) electrons.